The van der Waals surface area contributed by atoms with Crippen LogP contribution in [0, 0.1) is 11.3 Å². The zero-order valence-electron chi connectivity index (χ0n) is 4.89. The van der Waals surface area contributed by atoms with Crippen LogP contribution in [0.5, 0.6) is 0 Å². The summed E-state index contributed by atoms with van der Waals surface area (Å²) < 4.78 is 0. The summed E-state index contributed by atoms with van der Waals surface area (Å²) in [7, 11) is 0. The van der Waals surface area contributed by atoms with Crippen LogP contribution in [0.15, 0.2) is 0 Å². The molecule has 0 N–H and O–H groups in total. The highest BCUT2D eigenvalue weighted by atomic mass is 35.5. The van der Waals surface area contributed by atoms with Gasteiger partial charge in [0.2, 0.25) is 0 Å². The first-order chi connectivity index (χ1) is 3.72. The van der Waals surface area contributed by atoms with Crippen LogP contribution in [0.1, 0.15) is 6.92 Å². The number of hydrogen-bond donors (Lipinski definition) is 0. The average Bonchev–Trinajstić information content (AvgIpc) is 1.84. The topological polar surface area (TPSA) is 23.8 Å². The molecule has 0 bridgehead atoms. The Kier molecular flexibility index (Phi) is 4.12. The van der Waals surface area contributed by atoms with Crippen molar-refractivity contribution in [2.24, 2.45) is 0 Å². The van der Waals surface area contributed by atoms with E-state index in [2.05, 4.69) is 0 Å². The minimum Gasteiger partial charge on any atom is -0.197 e. The van der Waals surface area contributed by atoms with E-state index in [4.69, 9.17) is 16.9 Å². The number of nitrogens with zero attached hydrogens (tertiary/aromatic N) is 1. The Hall–Kier alpha value is 0.130. The molecule has 0 aliphatic rings. The molecule has 46 valence electrons. The van der Waals surface area contributed by atoms with Gasteiger partial charge in [0.15, 0.2) is 0 Å². The third kappa shape index (κ3) is 2.44. The van der Waals surface area contributed by atoms with Gasteiger partial charge in [-0.25, -0.2) is 0 Å². The zero-order chi connectivity index (χ0) is 6.57. The molecule has 3 heteroatoms. The number of hydrogen-bond acceptors (Lipinski definition) is 2. The van der Waals surface area contributed by atoms with Gasteiger partial charge in [-0.15, -0.1) is 11.6 Å². The van der Waals surface area contributed by atoms with Crippen LogP contribution in [0.2, 0.25) is 0 Å². The van der Waals surface area contributed by atoms with Gasteiger partial charge in [-0.1, -0.05) is 6.92 Å². The normalized spacial score (nSPS) is 16.8. The van der Waals surface area contributed by atoms with Crippen LogP contribution < -0.4 is 0 Å². The Morgan fingerprint density at radius 3 is 2.38 bits per heavy atom. The van der Waals surface area contributed by atoms with Crippen LogP contribution in [0.25, 0.3) is 0 Å². The molecule has 0 aliphatic heterocycles. The van der Waals surface area contributed by atoms with E-state index < -0.39 is 0 Å². The van der Waals surface area contributed by atoms with Gasteiger partial charge < -0.3 is 0 Å². The van der Waals surface area contributed by atoms with Crippen molar-refractivity contribution in [2.45, 2.75) is 17.6 Å². The first-order valence-electron chi connectivity index (χ1n) is 2.29. The molecule has 0 rings (SSSR count). The lowest BCUT2D eigenvalue weighted by Gasteiger charge is -2.05. The second-order valence-corrected chi connectivity index (χ2v) is 3.16. The first-order valence-corrected chi connectivity index (χ1v) is 4.01. The maximum atomic E-state index is 8.24. The number of halogens is 1. The van der Waals surface area contributed by atoms with E-state index in [1.807, 2.05) is 19.2 Å². The highest BCUT2D eigenvalue weighted by Crippen LogP contribution is 2.13. The van der Waals surface area contributed by atoms with Gasteiger partial charge in [0.1, 0.15) is 5.38 Å². The van der Waals surface area contributed by atoms with Crippen molar-refractivity contribution in [3.8, 4) is 6.07 Å². The summed E-state index contributed by atoms with van der Waals surface area (Å²) in [6.07, 6.45) is 1.94. The fraction of sp³-hybridized carbons (Fsp3) is 0.800. The Morgan fingerprint density at radius 1 is 1.75 bits per heavy atom. The van der Waals surface area contributed by atoms with E-state index in [1.165, 1.54) is 0 Å². The maximum Gasteiger partial charge on any atom is 0.132 e. The van der Waals surface area contributed by atoms with Crippen LogP contribution in [0.3, 0.4) is 0 Å². The van der Waals surface area contributed by atoms with Crippen LogP contribution >= 0.6 is 23.4 Å². The minimum absolute atomic E-state index is 0.238. The quantitative estimate of drug-likeness (QED) is 0.560. The molecule has 0 spiro atoms. The summed E-state index contributed by atoms with van der Waals surface area (Å²) in [5.74, 6) is 0. The molecule has 0 aromatic carbocycles. The standard InChI is InChI=1S/C5H8ClNS/c1-4(8-2)5(6)3-7/h4-5H,1-2H3. The Labute approximate surface area is 59.0 Å². The molecule has 0 saturated heterocycles. The first kappa shape index (κ1) is 8.13. The fourth-order valence-electron chi connectivity index (χ4n) is 0.224. The number of nitriles is 1. The lowest BCUT2D eigenvalue weighted by Crippen LogP contribution is -2.09. The van der Waals surface area contributed by atoms with E-state index in [-0.39, 0.29) is 10.6 Å². The molecule has 0 fully saturated rings. The SMILES string of the molecule is CSC(C)C(Cl)C#N. The van der Waals surface area contributed by atoms with E-state index >= 15 is 0 Å². The molecule has 0 aliphatic carbocycles. The predicted octanol–water partition coefficient (Wildman–Crippen LogP) is 1.87. The molecule has 1 nitrogen and oxygen atoms in total. The summed E-state index contributed by atoms with van der Waals surface area (Å²) in [4.78, 5) is 0. The molecule has 2 atom stereocenters. The Bertz CT molecular complexity index is 99.1. The van der Waals surface area contributed by atoms with Gasteiger partial charge in [-0.2, -0.15) is 17.0 Å². The van der Waals surface area contributed by atoms with Crippen LogP contribution in [0.4, 0.5) is 0 Å². The van der Waals surface area contributed by atoms with Crippen molar-refractivity contribution in [3.05, 3.63) is 0 Å². The van der Waals surface area contributed by atoms with Gasteiger partial charge in [0, 0.05) is 5.25 Å². The van der Waals surface area contributed by atoms with Crippen molar-refractivity contribution < 1.29 is 0 Å². The van der Waals surface area contributed by atoms with Gasteiger partial charge in [0.25, 0.3) is 0 Å². The molecule has 0 aromatic rings. The van der Waals surface area contributed by atoms with Crippen molar-refractivity contribution in [2.75, 3.05) is 6.26 Å². The minimum atomic E-state index is -0.343. The molecule has 0 amide bonds. The van der Waals surface area contributed by atoms with Crippen molar-refractivity contribution >= 4 is 23.4 Å². The number of rotatable bonds is 2. The molecular formula is C5H8ClNS. The highest BCUT2D eigenvalue weighted by molar-refractivity contribution is 7.99. The molecular weight excluding hydrogens is 142 g/mol. The van der Waals surface area contributed by atoms with Gasteiger partial charge in [0.05, 0.1) is 6.07 Å². The summed E-state index contributed by atoms with van der Waals surface area (Å²) >= 11 is 7.14. The Balaban J connectivity index is 3.49. The summed E-state index contributed by atoms with van der Waals surface area (Å²) in [6, 6.07) is 1.96. The fourth-order valence-corrected chi connectivity index (χ4v) is 0.833. The van der Waals surface area contributed by atoms with Crippen LogP contribution in [-0.2, 0) is 0 Å². The van der Waals surface area contributed by atoms with E-state index in [0.717, 1.165) is 0 Å². The van der Waals surface area contributed by atoms with Crippen molar-refractivity contribution in [1.82, 2.24) is 0 Å². The number of thioether (sulfide) groups is 1. The maximum absolute atomic E-state index is 8.24. The largest absolute Gasteiger partial charge is 0.197 e. The summed E-state index contributed by atoms with van der Waals surface area (Å²) in [5.41, 5.74) is 0. The number of alkyl halides is 1. The monoisotopic (exact) mass is 149 g/mol. The molecule has 0 aromatic heterocycles. The molecule has 0 radical (unpaired) electrons. The lowest BCUT2D eigenvalue weighted by atomic mass is 10.3. The summed E-state index contributed by atoms with van der Waals surface area (Å²) in [6.45, 7) is 1.94. The highest BCUT2D eigenvalue weighted by Gasteiger charge is 2.10. The second kappa shape index (κ2) is 4.05. The third-order valence-corrected chi connectivity index (χ3v) is 2.55. The molecule has 0 saturated carbocycles. The summed E-state index contributed by atoms with van der Waals surface area (Å²) in [5, 5.41) is 8.14. The Morgan fingerprint density at radius 2 is 2.25 bits per heavy atom. The lowest BCUT2D eigenvalue weighted by molar-refractivity contribution is 1.00. The molecule has 0 heterocycles. The molecule has 2 unspecified atom stereocenters. The van der Waals surface area contributed by atoms with Gasteiger partial charge in [-0.3, -0.25) is 0 Å². The van der Waals surface area contributed by atoms with Gasteiger partial charge >= 0.3 is 0 Å². The van der Waals surface area contributed by atoms with Crippen LogP contribution in [-0.4, -0.2) is 16.9 Å². The van der Waals surface area contributed by atoms with Gasteiger partial charge in [-0.05, 0) is 6.26 Å². The van der Waals surface area contributed by atoms with E-state index in [0.29, 0.717) is 0 Å². The predicted molar refractivity (Wildman–Crippen MR) is 38.2 cm³/mol. The zero-order valence-corrected chi connectivity index (χ0v) is 6.46. The second-order valence-electron chi connectivity index (χ2n) is 1.47. The van der Waals surface area contributed by atoms with Crippen molar-refractivity contribution in [3.63, 3.8) is 0 Å². The third-order valence-electron chi connectivity index (χ3n) is 0.907. The van der Waals surface area contributed by atoms with E-state index in [9.17, 15) is 0 Å². The van der Waals surface area contributed by atoms with E-state index in [1.54, 1.807) is 11.8 Å². The molecule has 8 heavy (non-hydrogen) atoms. The van der Waals surface area contributed by atoms with Crippen molar-refractivity contribution in [1.29, 1.82) is 5.26 Å². The average molecular weight is 150 g/mol. The smallest absolute Gasteiger partial charge is 0.132 e.